The first-order chi connectivity index (χ1) is 7.15. The van der Waals surface area contributed by atoms with Crippen LogP contribution in [0.3, 0.4) is 0 Å². The SMILES string of the molecule is CCOC(=O)CCn1cccc(N)c1=O. The summed E-state index contributed by atoms with van der Waals surface area (Å²) in [5.41, 5.74) is 5.34. The molecule has 0 aliphatic carbocycles. The number of carbonyl (C=O) groups excluding carboxylic acids is 1. The topological polar surface area (TPSA) is 74.3 Å². The fourth-order valence-corrected chi connectivity index (χ4v) is 1.18. The van der Waals surface area contributed by atoms with E-state index < -0.39 is 0 Å². The van der Waals surface area contributed by atoms with Crippen molar-refractivity contribution < 1.29 is 9.53 Å². The number of hydrogen-bond donors (Lipinski definition) is 1. The summed E-state index contributed by atoms with van der Waals surface area (Å²) in [6, 6.07) is 3.20. The zero-order chi connectivity index (χ0) is 11.3. The normalized spacial score (nSPS) is 9.93. The van der Waals surface area contributed by atoms with Crippen LogP contribution in [0.5, 0.6) is 0 Å². The molecule has 1 heterocycles. The summed E-state index contributed by atoms with van der Waals surface area (Å²) in [6.45, 7) is 2.39. The van der Waals surface area contributed by atoms with E-state index in [-0.39, 0.29) is 23.6 Å². The van der Waals surface area contributed by atoms with E-state index in [2.05, 4.69) is 0 Å². The Bertz CT molecular complexity index is 398. The van der Waals surface area contributed by atoms with E-state index >= 15 is 0 Å². The van der Waals surface area contributed by atoms with Gasteiger partial charge in [0.1, 0.15) is 0 Å². The highest BCUT2D eigenvalue weighted by molar-refractivity contribution is 5.69. The van der Waals surface area contributed by atoms with E-state index in [0.29, 0.717) is 13.2 Å². The molecule has 0 amide bonds. The molecular weight excluding hydrogens is 196 g/mol. The van der Waals surface area contributed by atoms with E-state index in [1.807, 2.05) is 0 Å². The van der Waals surface area contributed by atoms with Crippen molar-refractivity contribution in [2.24, 2.45) is 0 Å². The van der Waals surface area contributed by atoms with Crippen LogP contribution in [-0.4, -0.2) is 17.1 Å². The molecule has 5 nitrogen and oxygen atoms in total. The molecule has 0 saturated carbocycles. The minimum Gasteiger partial charge on any atom is -0.466 e. The van der Waals surface area contributed by atoms with Gasteiger partial charge in [-0.05, 0) is 19.1 Å². The fraction of sp³-hybridized carbons (Fsp3) is 0.400. The molecule has 0 unspecified atom stereocenters. The van der Waals surface area contributed by atoms with E-state index in [0.717, 1.165) is 0 Å². The van der Waals surface area contributed by atoms with Crippen LogP contribution in [0.1, 0.15) is 13.3 Å². The Morgan fingerprint density at radius 2 is 2.33 bits per heavy atom. The van der Waals surface area contributed by atoms with Gasteiger partial charge in [0.2, 0.25) is 0 Å². The van der Waals surface area contributed by atoms with Crippen LogP contribution in [0.4, 0.5) is 5.69 Å². The Morgan fingerprint density at radius 1 is 1.60 bits per heavy atom. The summed E-state index contributed by atoms with van der Waals surface area (Å²) in [5, 5.41) is 0. The first-order valence-electron chi connectivity index (χ1n) is 4.75. The second kappa shape index (κ2) is 5.19. The molecule has 0 atom stereocenters. The number of aromatic nitrogens is 1. The maximum absolute atomic E-state index is 11.4. The number of pyridine rings is 1. The molecular formula is C10H14N2O3. The van der Waals surface area contributed by atoms with Crippen molar-refractivity contribution in [1.29, 1.82) is 0 Å². The van der Waals surface area contributed by atoms with Gasteiger partial charge in [0.25, 0.3) is 5.56 Å². The summed E-state index contributed by atoms with van der Waals surface area (Å²) in [5.74, 6) is -0.313. The van der Waals surface area contributed by atoms with Gasteiger partial charge in [-0.15, -0.1) is 0 Å². The van der Waals surface area contributed by atoms with Crippen molar-refractivity contribution in [3.8, 4) is 0 Å². The standard InChI is InChI=1S/C10H14N2O3/c1-2-15-9(13)5-7-12-6-3-4-8(11)10(12)14/h3-4,6H,2,5,7,11H2,1H3. The number of rotatable bonds is 4. The van der Waals surface area contributed by atoms with Gasteiger partial charge in [-0.25, -0.2) is 0 Å². The van der Waals surface area contributed by atoms with E-state index in [9.17, 15) is 9.59 Å². The monoisotopic (exact) mass is 210 g/mol. The summed E-state index contributed by atoms with van der Waals surface area (Å²) in [7, 11) is 0. The lowest BCUT2D eigenvalue weighted by atomic mass is 10.3. The van der Waals surface area contributed by atoms with Gasteiger partial charge in [0.15, 0.2) is 0 Å². The lowest BCUT2D eigenvalue weighted by Crippen LogP contribution is -2.23. The van der Waals surface area contributed by atoms with Crippen molar-refractivity contribution >= 4 is 11.7 Å². The van der Waals surface area contributed by atoms with Crippen LogP contribution < -0.4 is 11.3 Å². The number of ether oxygens (including phenoxy) is 1. The molecule has 1 aromatic heterocycles. The Hall–Kier alpha value is -1.78. The predicted molar refractivity (Wildman–Crippen MR) is 56.4 cm³/mol. The fourth-order valence-electron chi connectivity index (χ4n) is 1.18. The van der Waals surface area contributed by atoms with Gasteiger partial charge in [-0.3, -0.25) is 9.59 Å². The molecule has 1 rings (SSSR count). The zero-order valence-corrected chi connectivity index (χ0v) is 8.60. The number of carbonyl (C=O) groups is 1. The van der Waals surface area contributed by atoms with Crippen molar-refractivity contribution in [2.45, 2.75) is 19.9 Å². The molecule has 0 fully saturated rings. The van der Waals surface area contributed by atoms with Crippen molar-refractivity contribution in [1.82, 2.24) is 4.57 Å². The van der Waals surface area contributed by atoms with Crippen LogP contribution in [0.25, 0.3) is 0 Å². The highest BCUT2D eigenvalue weighted by Crippen LogP contribution is 1.95. The number of aryl methyl sites for hydroxylation is 1. The number of nitrogen functional groups attached to an aromatic ring is 1. The van der Waals surface area contributed by atoms with E-state index in [1.165, 1.54) is 10.6 Å². The summed E-state index contributed by atoms with van der Waals surface area (Å²) in [4.78, 5) is 22.5. The maximum Gasteiger partial charge on any atom is 0.307 e. The third-order valence-corrected chi connectivity index (χ3v) is 1.91. The zero-order valence-electron chi connectivity index (χ0n) is 8.60. The van der Waals surface area contributed by atoms with Crippen LogP contribution in [0.2, 0.25) is 0 Å². The summed E-state index contributed by atoms with van der Waals surface area (Å²) in [6.07, 6.45) is 1.77. The van der Waals surface area contributed by atoms with Gasteiger partial charge in [0, 0.05) is 12.7 Å². The minimum absolute atomic E-state index is 0.178. The average molecular weight is 210 g/mol. The smallest absolute Gasteiger partial charge is 0.307 e. The van der Waals surface area contributed by atoms with Gasteiger partial charge in [0.05, 0.1) is 18.7 Å². The highest BCUT2D eigenvalue weighted by atomic mass is 16.5. The molecule has 0 aliphatic heterocycles. The number of hydrogen-bond acceptors (Lipinski definition) is 4. The Balaban J connectivity index is 2.62. The van der Waals surface area contributed by atoms with Crippen LogP contribution >= 0.6 is 0 Å². The van der Waals surface area contributed by atoms with Crippen molar-refractivity contribution in [3.63, 3.8) is 0 Å². The second-order valence-electron chi connectivity index (χ2n) is 3.02. The Morgan fingerprint density at radius 3 is 3.00 bits per heavy atom. The molecule has 0 aromatic carbocycles. The molecule has 82 valence electrons. The minimum atomic E-state index is -0.313. The highest BCUT2D eigenvalue weighted by Gasteiger charge is 2.04. The summed E-state index contributed by atoms with van der Waals surface area (Å²) >= 11 is 0. The Kier molecular flexibility index (Phi) is 3.91. The molecule has 15 heavy (non-hydrogen) atoms. The van der Waals surface area contributed by atoms with Crippen LogP contribution in [0, 0.1) is 0 Å². The molecule has 2 N–H and O–H groups in total. The Labute approximate surface area is 87.5 Å². The molecule has 1 aromatic rings. The third kappa shape index (κ3) is 3.12. The second-order valence-corrected chi connectivity index (χ2v) is 3.02. The average Bonchev–Trinajstić information content (AvgIpc) is 2.21. The molecule has 0 bridgehead atoms. The van der Waals surface area contributed by atoms with E-state index in [4.69, 9.17) is 10.5 Å². The quantitative estimate of drug-likeness (QED) is 0.729. The first kappa shape index (κ1) is 11.3. The van der Waals surface area contributed by atoms with Crippen LogP contribution in [-0.2, 0) is 16.1 Å². The lowest BCUT2D eigenvalue weighted by Gasteiger charge is -2.05. The van der Waals surface area contributed by atoms with Crippen molar-refractivity contribution in [2.75, 3.05) is 12.3 Å². The first-order valence-corrected chi connectivity index (χ1v) is 4.75. The largest absolute Gasteiger partial charge is 0.466 e. The maximum atomic E-state index is 11.4. The van der Waals surface area contributed by atoms with Gasteiger partial charge in [-0.2, -0.15) is 0 Å². The van der Waals surface area contributed by atoms with Gasteiger partial charge >= 0.3 is 5.97 Å². The lowest BCUT2D eigenvalue weighted by molar-refractivity contribution is -0.143. The molecule has 0 radical (unpaired) electrons. The van der Waals surface area contributed by atoms with Gasteiger partial charge in [-0.1, -0.05) is 0 Å². The van der Waals surface area contributed by atoms with Gasteiger partial charge < -0.3 is 15.0 Å². The van der Waals surface area contributed by atoms with Crippen molar-refractivity contribution in [3.05, 3.63) is 28.7 Å². The molecule has 0 spiro atoms. The molecule has 5 heteroatoms. The summed E-state index contributed by atoms with van der Waals surface area (Å²) < 4.78 is 6.14. The number of nitrogens with zero attached hydrogens (tertiary/aromatic N) is 1. The number of nitrogens with two attached hydrogens (primary N) is 1. The molecule has 0 aliphatic rings. The predicted octanol–water partition coefficient (Wildman–Crippen LogP) is 0.384. The van der Waals surface area contributed by atoms with Crippen LogP contribution in [0.15, 0.2) is 23.1 Å². The van der Waals surface area contributed by atoms with E-state index in [1.54, 1.807) is 19.2 Å². The number of esters is 1. The third-order valence-electron chi connectivity index (χ3n) is 1.91. The molecule has 0 saturated heterocycles. The number of anilines is 1.